The highest BCUT2D eigenvalue weighted by atomic mass is 16.2. The summed E-state index contributed by atoms with van der Waals surface area (Å²) in [5.41, 5.74) is 2.80. The van der Waals surface area contributed by atoms with Crippen LogP contribution in [0, 0.1) is 13.8 Å². The first-order valence-corrected chi connectivity index (χ1v) is 7.36. The molecule has 0 aromatic carbocycles. The highest BCUT2D eigenvalue weighted by Gasteiger charge is 2.43. The molecule has 0 spiro atoms. The van der Waals surface area contributed by atoms with Crippen LogP contribution in [0.1, 0.15) is 49.1 Å². The lowest BCUT2D eigenvalue weighted by Crippen LogP contribution is -2.42. The number of aryl methyl sites for hydroxylation is 2. The van der Waals surface area contributed by atoms with Crippen molar-refractivity contribution in [1.82, 2.24) is 29.9 Å². The zero-order valence-corrected chi connectivity index (χ0v) is 12.4. The Morgan fingerprint density at radius 2 is 2.10 bits per heavy atom. The Labute approximate surface area is 122 Å². The molecule has 21 heavy (non-hydrogen) atoms. The molecular weight excluding hydrogens is 268 g/mol. The van der Waals surface area contributed by atoms with Crippen LogP contribution in [0.5, 0.6) is 0 Å². The van der Waals surface area contributed by atoms with E-state index in [0.29, 0.717) is 0 Å². The number of aromatic nitrogens is 5. The number of nitrogens with one attached hydrogen (secondary N) is 1. The van der Waals surface area contributed by atoms with Crippen LogP contribution in [0.4, 0.5) is 0 Å². The third kappa shape index (κ3) is 1.54. The lowest BCUT2D eigenvalue weighted by atomic mass is 10.1. The number of rotatable bonds is 1. The number of carbonyl (C=O) groups is 1. The standard InChI is InChI=1S/C14H18N6O/c1-7-11(8(2)16-15-7)13-18-17-12-10-5-4-6-19(10)14(21)9(3)20(12)13/h9-10H,4-6H2,1-3H3,(H,15,16)/t9-,10-/m0/s1. The average Bonchev–Trinajstić information content (AvgIpc) is 3.14. The third-order valence-corrected chi connectivity index (χ3v) is 4.65. The van der Waals surface area contributed by atoms with Crippen LogP contribution in [0.25, 0.3) is 11.4 Å². The molecule has 2 aliphatic rings. The van der Waals surface area contributed by atoms with Crippen LogP contribution in [0.2, 0.25) is 0 Å². The van der Waals surface area contributed by atoms with Gasteiger partial charge in [0.15, 0.2) is 11.6 Å². The van der Waals surface area contributed by atoms with Crippen molar-refractivity contribution in [2.45, 2.75) is 45.7 Å². The summed E-state index contributed by atoms with van der Waals surface area (Å²) in [6.45, 7) is 6.67. The number of hydrogen-bond donors (Lipinski definition) is 1. The minimum absolute atomic E-state index is 0.0856. The second-order valence-electron chi connectivity index (χ2n) is 5.93. The Balaban J connectivity index is 1.93. The zero-order chi connectivity index (χ0) is 14.7. The van der Waals surface area contributed by atoms with Gasteiger partial charge in [0, 0.05) is 12.2 Å². The third-order valence-electron chi connectivity index (χ3n) is 4.65. The van der Waals surface area contributed by atoms with E-state index in [4.69, 9.17) is 0 Å². The van der Waals surface area contributed by atoms with Gasteiger partial charge in [0.2, 0.25) is 5.91 Å². The van der Waals surface area contributed by atoms with E-state index in [1.165, 1.54) is 0 Å². The van der Waals surface area contributed by atoms with Crippen LogP contribution in [-0.2, 0) is 4.79 Å². The maximum Gasteiger partial charge on any atom is 0.246 e. The Morgan fingerprint density at radius 1 is 1.29 bits per heavy atom. The van der Waals surface area contributed by atoms with Crippen molar-refractivity contribution in [2.24, 2.45) is 0 Å². The van der Waals surface area contributed by atoms with Gasteiger partial charge in [-0.2, -0.15) is 5.10 Å². The van der Waals surface area contributed by atoms with Gasteiger partial charge in [0.1, 0.15) is 6.04 Å². The van der Waals surface area contributed by atoms with Gasteiger partial charge < -0.3 is 4.90 Å². The minimum Gasteiger partial charge on any atom is -0.331 e. The summed E-state index contributed by atoms with van der Waals surface area (Å²) in [4.78, 5) is 14.5. The van der Waals surface area contributed by atoms with Gasteiger partial charge in [-0.3, -0.25) is 14.5 Å². The molecule has 4 heterocycles. The van der Waals surface area contributed by atoms with Crippen molar-refractivity contribution in [2.75, 3.05) is 6.54 Å². The number of fused-ring (bicyclic) bond motifs is 3. The number of nitrogens with zero attached hydrogens (tertiary/aromatic N) is 5. The topological polar surface area (TPSA) is 79.7 Å². The lowest BCUT2D eigenvalue weighted by molar-refractivity contribution is -0.137. The van der Waals surface area contributed by atoms with Crippen molar-refractivity contribution in [1.29, 1.82) is 0 Å². The number of aromatic amines is 1. The fourth-order valence-electron chi connectivity index (χ4n) is 3.61. The van der Waals surface area contributed by atoms with Crippen molar-refractivity contribution >= 4 is 5.91 Å². The molecule has 1 N–H and O–H groups in total. The molecule has 0 saturated carbocycles. The maximum absolute atomic E-state index is 12.6. The fourth-order valence-corrected chi connectivity index (χ4v) is 3.61. The number of H-pyrrole nitrogens is 1. The molecule has 2 aromatic heterocycles. The van der Waals surface area contributed by atoms with Gasteiger partial charge in [0.05, 0.1) is 17.3 Å². The average molecular weight is 286 g/mol. The van der Waals surface area contributed by atoms with Crippen molar-refractivity contribution in [3.8, 4) is 11.4 Å². The highest BCUT2D eigenvalue weighted by Crippen LogP contribution is 2.40. The van der Waals surface area contributed by atoms with Gasteiger partial charge in [-0.05, 0) is 33.6 Å². The van der Waals surface area contributed by atoms with E-state index in [0.717, 1.165) is 48.0 Å². The van der Waals surface area contributed by atoms with Crippen LogP contribution in [0.3, 0.4) is 0 Å². The van der Waals surface area contributed by atoms with E-state index in [9.17, 15) is 4.79 Å². The summed E-state index contributed by atoms with van der Waals surface area (Å²) in [6, 6.07) is -0.171. The SMILES string of the molecule is Cc1n[nH]c(C)c1-c1nnc2n1[C@@H](C)C(=O)N1CCC[C@@H]21. The molecule has 0 radical (unpaired) electrons. The van der Waals surface area contributed by atoms with E-state index in [2.05, 4.69) is 20.4 Å². The molecule has 4 rings (SSSR count). The molecule has 7 heteroatoms. The smallest absolute Gasteiger partial charge is 0.246 e. The predicted molar refractivity (Wildman–Crippen MR) is 75.5 cm³/mol. The molecule has 110 valence electrons. The number of hydrogen-bond acceptors (Lipinski definition) is 4. The van der Waals surface area contributed by atoms with E-state index in [-0.39, 0.29) is 18.0 Å². The summed E-state index contributed by atoms with van der Waals surface area (Å²) in [6.07, 6.45) is 2.01. The Kier molecular flexibility index (Phi) is 2.49. The highest BCUT2D eigenvalue weighted by molar-refractivity contribution is 5.83. The normalized spacial score (nSPS) is 24.3. The second-order valence-corrected chi connectivity index (χ2v) is 5.93. The molecule has 1 saturated heterocycles. The molecule has 2 aromatic rings. The van der Waals surface area contributed by atoms with E-state index in [1.54, 1.807) is 0 Å². The first-order valence-electron chi connectivity index (χ1n) is 7.36. The molecular formula is C14H18N6O. The first-order chi connectivity index (χ1) is 10.1. The van der Waals surface area contributed by atoms with Crippen LogP contribution in [0.15, 0.2) is 0 Å². The summed E-state index contributed by atoms with van der Waals surface area (Å²) in [5.74, 6) is 1.83. The Morgan fingerprint density at radius 3 is 2.81 bits per heavy atom. The monoisotopic (exact) mass is 286 g/mol. The van der Waals surface area contributed by atoms with Crippen molar-refractivity contribution in [3.05, 3.63) is 17.2 Å². The molecule has 1 fully saturated rings. The predicted octanol–water partition coefficient (Wildman–Crippen LogP) is 1.52. The van der Waals surface area contributed by atoms with E-state index < -0.39 is 0 Å². The largest absolute Gasteiger partial charge is 0.331 e. The van der Waals surface area contributed by atoms with Gasteiger partial charge in [-0.25, -0.2) is 0 Å². The first kappa shape index (κ1) is 12.6. The number of amides is 1. The molecule has 2 aliphatic heterocycles. The Hall–Kier alpha value is -2.18. The second kappa shape index (κ2) is 4.16. The zero-order valence-electron chi connectivity index (χ0n) is 12.4. The molecule has 1 amide bonds. The molecule has 0 bridgehead atoms. The maximum atomic E-state index is 12.6. The molecule has 0 aliphatic carbocycles. The van der Waals surface area contributed by atoms with Gasteiger partial charge in [-0.15, -0.1) is 10.2 Å². The molecule has 2 atom stereocenters. The molecule has 7 nitrogen and oxygen atoms in total. The van der Waals surface area contributed by atoms with Crippen LogP contribution >= 0.6 is 0 Å². The van der Waals surface area contributed by atoms with Crippen LogP contribution < -0.4 is 0 Å². The molecule has 0 unspecified atom stereocenters. The number of carbonyl (C=O) groups excluding carboxylic acids is 1. The minimum atomic E-state index is -0.256. The fraction of sp³-hybridized carbons (Fsp3) is 0.571. The van der Waals surface area contributed by atoms with E-state index >= 15 is 0 Å². The van der Waals surface area contributed by atoms with Gasteiger partial charge in [-0.1, -0.05) is 0 Å². The lowest BCUT2D eigenvalue weighted by Gasteiger charge is -2.34. The summed E-state index contributed by atoms with van der Waals surface area (Å²) in [7, 11) is 0. The van der Waals surface area contributed by atoms with Crippen molar-refractivity contribution in [3.63, 3.8) is 0 Å². The van der Waals surface area contributed by atoms with E-state index in [1.807, 2.05) is 30.2 Å². The van der Waals surface area contributed by atoms with Gasteiger partial charge in [0.25, 0.3) is 0 Å². The van der Waals surface area contributed by atoms with Crippen LogP contribution in [-0.4, -0.2) is 42.3 Å². The van der Waals surface area contributed by atoms with Gasteiger partial charge >= 0.3 is 0 Å². The summed E-state index contributed by atoms with van der Waals surface area (Å²) in [5, 5.41) is 16.0. The Bertz CT molecular complexity index is 710. The summed E-state index contributed by atoms with van der Waals surface area (Å²) >= 11 is 0. The van der Waals surface area contributed by atoms with Crippen molar-refractivity contribution < 1.29 is 4.79 Å². The summed E-state index contributed by atoms with van der Waals surface area (Å²) < 4.78 is 2.00. The quantitative estimate of drug-likeness (QED) is 0.862.